The summed E-state index contributed by atoms with van der Waals surface area (Å²) in [6.07, 6.45) is 2.96. The van der Waals surface area contributed by atoms with Crippen LogP contribution >= 0.6 is 0 Å². The van der Waals surface area contributed by atoms with E-state index in [1.54, 1.807) is 12.1 Å². The molecule has 4 N–H and O–H groups in total. The Morgan fingerprint density at radius 3 is 1.14 bits per heavy atom. The standard InChI is InChI=1S/2C25H21N3O3.Cr/c2*1-16-13-17(2)22(20(14-16)25(30)31)26-15-21-23(18-9-5-3-6-10-18)27-28(24(21)29)19-11-7-4-8-12-19;/h2*3-15,29H,1-2H3,(H,30,31);. The van der Waals surface area contributed by atoms with Crippen molar-refractivity contribution in [3.05, 3.63) is 190 Å². The van der Waals surface area contributed by atoms with Crippen molar-refractivity contribution in [3.63, 3.8) is 0 Å². The summed E-state index contributed by atoms with van der Waals surface area (Å²) in [7, 11) is 0. The molecule has 0 amide bonds. The molecule has 8 aromatic rings. The van der Waals surface area contributed by atoms with Crippen LogP contribution in [0.1, 0.15) is 54.1 Å². The van der Waals surface area contributed by atoms with Gasteiger partial charge in [0.25, 0.3) is 0 Å². The van der Waals surface area contributed by atoms with Gasteiger partial charge in [0.2, 0.25) is 11.8 Å². The molecule has 13 heteroatoms. The van der Waals surface area contributed by atoms with Crippen LogP contribution in [0.5, 0.6) is 11.8 Å². The van der Waals surface area contributed by atoms with E-state index in [9.17, 15) is 30.0 Å². The monoisotopic (exact) mass is 874 g/mol. The topological polar surface area (TPSA) is 175 Å². The van der Waals surface area contributed by atoms with E-state index in [0.29, 0.717) is 45.3 Å². The van der Waals surface area contributed by atoms with Crippen LogP contribution in [0.4, 0.5) is 11.4 Å². The van der Waals surface area contributed by atoms with Crippen LogP contribution in [0.25, 0.3) is 33.9 Å². The molecular weight excluding hydrogens is 833 g/mol. The predicted molar refractivity (Wildman–Crippen MR) is 242 cm³/mol. The van der Waals surface area contributed by atoms with Gasteiger partial charge in [-0.2, -0.15) is 10.2 Å². The Labute approximate surface area is 374 Å². The zero-order chi connectivity index (χ0) is 43.9. The van der Waals surface area contributed by atoms with Gasteiger partial charge in [0.15, 0.2) is 0 Å². The molecular formula is C50H42CrN6O6. The number of aromatic carboxylic acids is 2. The SMILES string of the molecule is Cc1cc(C)c(N=Cc2c(-c3ccccc3)nn(-c3ccccc3)c2O)c(C(=O)O)c1.Cc1cc(C)c(N=Cc2c(-c3ccccc3)nn(-c3ccccc3)c2O)c(C(=O)O)c1.[Cr]. The van der Waals surface area contributed by atoms with Gasteiger partial charge < -0.3 is 20.4 Å². The van der Waals surface area contributed by atoms with Crippen molar-refractivity contribution in [1.29, 1.82) is 0 Å². The van der Waals surface area contributed by atoms with Crippen molar-refractivity contribution in [2.45, 2.75) is 27.7 Å². The van der Waals surface area contributed by atoms with E-state index in [4.69, 9.17) is 0 Å². The molecule has 0 aliphatic carbocycles. The van der Waals surface area contributed by atoms with E-state index in [-0.39, 0.29) is 40.2 Å². The number of hydrogen-bond donors (Lipinski definition) is 4. The van der Waals surface area contributed by atoms with Crippen LogP contribution in [-0.4, -0.2) is 64.4 Å². The second-order valence-electron chi connectivity index (χ2n) is 14.5. The average molecular weight is 875 g/mol. The van der Waals surface area contributed by atoms with Crippen molar-refractivity contribution in [2.24, 2.45) is 9.98 Å². The molecule has 8 rings (SSSR count). The molecule has 0 aliphatic heterocycles. The molecule has 0 radical (unpaired) electrons. The maximum atomic E-state index is 11.7. The van der Waals surface area contributed by atoms with Crippen molar-refractivity contribution in [1.82, 2.24) is 19.6 Å². The van der Waals surface area contributed by atoms with E-state index >= 15 is 0 Å². The van der Waals surface area contributed by atoms with Crippen molar-refractivity contribution < 1.29 is 47.4 Å². The number of aromatic hydroxyl groups is 2. The Morgan fingerprint density at radius 2 is 0.825 bits per heavy atom. The summed E-state index contributed by atoms with van der Waals surface area (Å²) in [4.78, 5) is 32.4. The third-order valence-corrected chi connectivity index (χ3v) is 9.89. The number of aryl methyl sites for hydroxylation is 4. The normalized spacial score (nSPS) is 11.0. The molecule has 12 nitrogen and oxygen atoms in total. The zero-order valence-electron chi connectivity index (χ0n) is 34.7. The first-order valence-electron chi connectivity index (χ1n) is 19.5. The third-order valence-electron chi connectivity index (χ3n) is 9.89. The quantitative estimate of drug-likeness (QED) is 0.0982. The number of benzene rings is 6. The van der Waals surface area contributed by atoms with Crippen LogP contribution in [0.3, 0.4) is 0 Å². The van der Waals surface area contributed by atoms with Gasteiger partial charge in [-0.3, -0.25) is 9.98 Å². The molecule has 0 saturated heterocycles. The fourth-order valence-corrected chi connectivity index (χ4v) is 7.04. The number of carboxylic acid groups (broad SMARTS) is 2. The number of aromatic nitrogens is 4. The molecule has 0 fully saturated rings. The molecule has 0 unspecified atom stereocenters. The molecule has 0 spiro atoms. The van der Waals surface area contributed by atoms with Crippen molar-refractivity contribution in [3.8, 4) is 45.6 Å². The van der Waals surface area contributed by atoms with E-state index in [1.165, 1.54) is 21.8 Å². The van der Waals surface area contributed by atoms with Gasteiger partial charge in [-0.1, -0.05) is 109 Å². The number of aliphatic imine (C=N–C) groups is 2. The Balaban J connectivity index is 0.000000206. The van der Waals surface area contributed by atoms with Crippen LogP contribution in [0, 0.1) is 27.7 Å². The van der Waals surface area contributed by atoms with Crippen LogP contribution in [0.15, 0.2) is 156 Å². The van der Waals surface area contributed by atoms with Crippen molar-refractivity contribution in [2.75, 3.05) is 0 Å². The number of nitrogens with zero attached hydrogens (tertiary/aromatic N) is 6. The van der Waals surface area contributed by atoms with Gasteiger partial charge in [-0.25, -0.2) is 19.0 Å². The molecule has 0 bridgehead atoms. The molecule has 2 aromatic heterocycles. The largest absolute Gasteiger partial charge is 0.493 e. The van der Waals surface area contributed by atoms with Crippen LogP contribution in [0.2, 0.25) is 0 Å². The van der Waals surface area contributed by atoms with Gasteiger partial charge in [0.1, 0.15) is 11.4 Å². The van der Waals surface area contributed by atoms with E-state index < -0.39 is 11.9 Å². The average Bonchev–Trinajstić information content (AvgIpc) is 3.79. The summed E-state index contributed by atoms with van der Waals surface area (Å²) in [5, 5.41) is 50.4. The minimum atomic E-state index is -1.05. The molecule has 0 aliphatic rings. The van der Waals surface area contributed by atoms with Gasteiger partial charge >= 0.3 is 11.9 Å². The summed E-state index contributed by atoms with van der Waals surface area (Å²) >= 11 is 0. The number of carbonyl (C=O) groups is 2. The van der Waals surface area contributed by atoms with Crippen LogP contribution < -0.4 is 0 Å². The summed E-state index contributed by atoms with van der Waals surface area (Å²) < 4.78 is 2.90. The first kappa shape index (κ1) is 44.7. The maximum Gasteiger partial charge on any atom is 0.337 e. The number of carboxylic acids is 2. The number of rotatable bonds is 10. The Morgan fingerprint density at radius 1 is 0.508 bits per heavy atom. The number of hydrogen-bond acceptors (Lipinski definition) is 8. The summed E-state index contributed by atoms with van der Waals surface area (Å²) in [5.74, 6) is -2.25. The van der Waals surface area contributed by atoms with E-state index in [0.717, 1.165) is 33.4 Å². The van der Waals surface area contributed by atoms with E-state index in [1.807, 2.05) is 161 Å². The minimum absolute atomic E-state index is 0. The first-order chi connectivity index (χ1) is 29.9. The minimum Gasteiger partial charge on any atom is -0.493 e. The Hall–Kier alpha value is -7.85. The fraction of sp³-hybridized carbons (Fsp3) is 0.0800. The van der Waals surface area contributed by atoms with Gasteiger partial charge in [-0.05, 0) is 86.3 Å². The van der Waals surface area contributed by atoms with Crippen LogP contribution in [-0.2, 0) is 17.4 Å². The van der Waals surface area contributed by atoms with Crippen molar-refractivity contribution >= 4 is 35.7 Å². The number of para-hydroxylation sites is 2. The molecule has 0 atom stereocenters. The molecule has 63 heavy (non-hydrogen) atoms. The van der Waals surface area contributed by atoms with E-state index in [2.05, 4.69) is 20.2 Å². The van der Waals surface area contributed by atoms with Gasteiger partial charge in [0.05, 0.1) is 45.0 Å². The maximum absolute atomic E-state index is 11.7. The smallest absolute Gasteiger partial charge is 0.337 e. The second kappa shape index (κ2) is 19.7. The Bertz CT molecular complexity index is 2760. The molecule has 0 saturated carbocycles. The molecule has 314 valence electrons. The summed E-state index contributed by atoms with van der Waals surface area (Å²) in [6, 6.07) is 44.5. The molecule has 2 heterocycles. The summed E-state index contributed by atoms with van der Waals surface area (Å²) in [5.41, 5.74) is 9.05. The molecule has 6 aromatic carbocycles. The van der Waals surface area contributed by atoms with Gasteiger partial charge in [-0.15, -0.1) is 0 Å². The van der Waals surface area contributed by atoms with Gasteiger partial charge in [0, 0.05) is 40.9 Å². The Kier molecular flexibility index (Phi) is 14.0. The fourth-order valence-electron chi connectivity index (χ4n) is 7.04. The zero-order valence-corrected chi connectivity index (χ0v) is 36.0. The summed E-state index contributed by atoms with van der Waals surface area (Å²) in [6.45, 7) is 7.32. The second-order valence-corrected chi connectivity index (χ2v) is 14.5. The first-order valence-corrected chi connectivity index (χ1v) is 19.5. The third kappa shape index (κ3) is 9.87. The predicted octanol–water partition coefficient (Wildman–Crippen LogP) is 10.6.